The smallest absolute Gasteiger partial charge is 0.179 e. The molecule has 0 radical (unpaired) electrons. The Balaban J connectivity index is 1.17. The molecule has 0 aliphatic carbocycles. The Morgan fingerprint density at radius 1 is 0.345 bits per heavy atom. The maximum atomic E-state index is 6.98. The van der Waals surface area contributed by atoms with Crippen LogP contribution >= 0.6 is 0 Å². The van der Waals surface area contributed by atoms with Crippen molar-refractivity contribution >= 4 is 94.4 Å². The van der Waals surface area contributed by atoms with Crippen molar-refractivity contribution in [3.8, 4) is 11.4 Å². The van der Waals surface area contributed by atoms with Crippen LogP contribution in [0.2, 0.25) is 0 Å². The average molecular weight is 757 g/mol. The first-order valence-corrected chi connectivity index (χ1v) is 21.9. The highest BCUT2D eigenvalue weighted by atomic mass is 28.3. The number of hydrogen-bond donors (Lipinski definition) is 0. The molecule has 3 aromatic heterocycles. The predicted molar refractivity (Wildman–Crippen MR) is 246 cm³/mol. The van der Waals surface area contributed by atoms with Gasteiger partial charge in [-0.3, -0.25) is 0 Å². The zero-order valence-electron chi connectivity index (χ0n) is 31.6. The number of para-hydroxylation sites is 4. The summed E-state index contributed by atoms with van der Waals surface area (Å²) in [6.07, 6.45) is 0. The van der Waals surface area contributed by atoms with Crippen molar-refractivity contribution in [1.29, 1.82) is 0 Å². The van der Waals surface area contributed by atoms with E-state index in [0.29, 0.717) is 0 Å². The second kappa shape index (κ2) is 12.8. The molecule has 0 amide bonds. The number of nitrogens with zero attached hydrogens (tertiary/aromatic N) is 2. The van der Waals surface area contributed by atoms with E-state index >= 15 is 0 Å². The summed E-state index contributed by atoms with van der Waals surface area (Å²) in [5, 5.41) is 12.5. The van der Waals surface area contributed by atoms with Gasteiger partial charge in [-0.25, -0.2) is 0 Å². The number of furan rings is 1. The van der Waals surface area contributed by atoms with Gasteiger partial charge in [0.2, 0.25) is 0 Å². The average Bonchev–Trinajstić information content (AvgIpc) is 3.96. The molecule has 0 unspecified atom stereocenters. The largest absolute Gasteiger partial charge is 0.454 e. The first-order valence-electron chi connectivity index (χ1n) is 19.9. The van der Waals surface area contributed by atoms with E-state index < -0.39 is 8.07 Å². The molecule has 0 atom stereocenters. The number of fused-ring (bicyclic) bond motifs is 10. The molecule has 272 valence electrons. The molecule has 0 aliphatic heterocycles. The second-order valence-electron chi connectivity index (χ2n) is 15.2. The topological polar surface area (TPSA) is 23.0 Å². The van der Waals surface area contributed by atoms with Gasteiger partial charge in [0, 0.05) is 32.6 Å². The molecule has 58 heavy (non-hydrogen) atoms. The Hall–Kier alpha value is -7.40. The van der Waals surface area contributed by atoms with Crippen LogP contribution in [0, 0.1) is 0 Å². The van der Waals surface area contributed by atoms with E-state index in [0.717, 1.165) is 55.4 Å². The summed E-state index contributed by atoms with van der Waals surface area (Å²) in [4.78, 5) is 0. The molecule has 9 aromatic carbocycles. The number of benzene rings is 9. The molecule has 0 fully saturated rings. The fraction of sp³-hybridized carbons (Fsp3) is 0. The van der Waals surface area contributed by atoms with Gasteiger partial charge in [-0.15, -0.1) is 0 Å². The van der Waals surface area contributed by atoms with Gasteiger partial charge in [-0.1, -0.05) is 176 Å². The van der Waals surface area contributed by atoms with E-state index in [1.807, 2.05) is 0 Å². The first-order chi connectivity index (χ1) is 28.8. The van der Waals surface area contributed by atoms with Crippen molar-refractivity contribution in [2.45, 2.75) is 0 Å². The van der Waals surface area contributed by atoms with Crippen LogP contribution in [0.3, 0.4) is 0 Å². The van der Waals surface area contributed by atoms with Crippen molar-refractivity contribution in [1.82, 2.24) is 9.13 Å². The van der Waals surface area contributed by atoms with Gasteiger partial charge in [0.05, 0.1) is 33.1 Å². The number of hydrogen-bond acceptors (Lipinski definition) is 1. The van der Waals surface area contributed by atoms with Crippen LogP contribution in [-0.4, -0.2) is 17.2 Å². The van der Waals surface area contributed by atoms with Crippen molar-refractivity contribution < 1.29 is 4.42 Å². The predicted octanol–water partition coefficient (Wildman–Crippen LogP) is 11.2. The third-order valence-electron chi connectivity index (χ3n) is 12.3. The Kier molecular flexibility index (Phi) is 7.25. The normalized spacial score (nSPS) is 12.1. The molecule has 3 nitrogen and oxygen atoms in total. The van der Waals surface area contributed by atoms with Crippen LogP contribution in [0.4, 0.5) is 0 Å². The molecule has 0 saturated heterocycles. The SMILES string of the molecule is c1ccc([Si](c2ccccc2)(c2ccccc2)c2ccc(-n3c4ccccc4c4cc(-n5c6ccccc6c6ccccc65)c5oc6ccccc6c5c43)cc2)cc1. The molecular formula is C54H36N2OSi. The van der Waals surface area contributed by atoms with Gasteiger partial charge in [0.1, 0.15) is 5.58 Å². The molecule has 12 aromatic rings. The highest BCUT2D eigenvalue weighted by molar-refractivity contribution is 7.19. The summed E-state index contributed by atoms with van der Waals surface area (Å²) in [5.74, 6) is 0. The van der Waals surface area contributed by atoms with E-state index in [2.05, 4.69) is 228 Å². The van der Waals surface area contributed by atoms with E-state index in [4.69, 9.17) is 4.42 Å². The summed E-state index contributed by atoms with van der Waals surface area (Å²) in [6, 6.07) is 80.0. The molecule has 3 heterocycles. The Bertz CT molecular complexity index is 3340. The monoisotopic (exact) mass is 756 g/mol. The minimum atomic E-state index is -2.69. The zero-order chi connectivity index (χ0) is 38.2. The molecule has 0 N–H and O–H groups in total. The van der Waals surface area contributed by atoms with Crippen molar-refractivity contribution in [2.24, 2.45) is 0 Å². The second-order valence-corrected chi connectivity index (χ2v) is 19.0. The highest BCUT2D eigenvalue weighted by Gasteiger charge is 2.41. The zero-order valence-corrected chi connectivity index (χ0v) is 32.6. The van der Waals surface area contributed by atoms with Gasteiger partial charge in [-0.2, -0.15) is 0 Å². The van der Waals surface area contributed by atoms with Crippen LogP contribution in [0.15, 0.2) is 223 Å². The van der Waals surface area contributed by atoms with Crippen LogP contribution in [0.25, 0.3) is 76.9 Å². The molecule has 0 spiro atoms. The lowest BCUT2D eigenvalue weighted by molar-refractivity contribution is 0.666. The van der Waals surface area contributed by atoms with E-state index in [1.54, 1.807) is 0 Å². The summed E-state index contributed by atoms with van der Waals surface area (Å²) < 4.78 is 11.8. The third-order valence-corrected chi connectivity index (χ3v) is 17.1. The number of rotatable bonds is 6. The Morgan fingerprint density at radius 3 is 1.29 bits per heavy atom. The lowest BCUT2D eigenvalue weighted by Gasteiger charge is -2.34. The maximum absolute atomic E-state index is 6.98. The van der Waals surface area contributed by atoms with Crippen LogP contribution in [0.5, 0.6) is 0 Å². The summed E-state index contributed by atoms with van der Waals surface area (Å²) >= 11 is 0. The summed E-state index contributed by atoms with van der Waals surface area (Å²) in [7, 11) is -2.69. The molecular weight excluding hydrogens is 721 g/mol. The van der Waals surface area contributed by atoms with Crippen molar-refractivity contribution in [3.05, 3.63) is 218 Å². The summed E-state index contributed by atoms with van der Waals surface area (Å²) in [6.45, 7) is 0. The molecule has 0 aliphatic rings. The Labute approximate surface area is 336 Å². The Morgan fingerprint density at radius 2 is 0.759 bits per heavy atom. The van der Waals surface area contributed by atoms with Crippen LogP contribution < -0.4 is 20.7 Å². The van der Waals surface area contributed by atoms with Crippen LogP contribution in [0.1, 0.15) is 0 Å². The van der Waals surface area contributed by atoms with Gasteiger partial charge >= 0.3 is 0 Å². The van der Waals surface area contributed by atoms with Gasteiger partial charge < -0.3 is 13.6 Å². The highest BCUT2D eigenvalue weighted by Crippen LogP contribution is 2.45. The number of aromatic nitrogens is 2. The fourth-order valence-electron chi connectivity index (χ4n) is 9.86. The molecule has 0 saturated carbocycles. The van der Waals surface area contributed by atoms with Crippen molar-refractivity contribution in [3.63, 3.8) is 0 Å². The van der Waals surface area contributed by atoms with Gasteiger partial charge in [0.15, 0.2) is 13.7 Å². The minimum Gasteiger partial charge on any atom is -0.454 e. The molecule has 12 rings (SSSR count). The molecule has 0 bridgehead atoms. The third kappa shape index (κ3) is 4.61. The van der Waals surface area contributed by atoms with Gasteiger partial charge in [-0.05, 0) is 63.2 Å². The lowest BCUT2D eigenvalue weighted by Crippen LogP contribution is -2.74. The standard InChI is InChI=1S/C54H36N2OSi/c1-4-18-38(19-5-1)58(39-20-6-2-7-21-39,40-22-8-3-9-23-40)41-34-32-37(33-35-41)55-47-28-14-12-26-44(47)46-36-50(54-52(53(46)55)45-27-13-17-31-51(45)57-54)56-48-29-15-10-24-42(48)43-25-11-16-30-49(43)56/h1-36H. The van der Waals surface area contributed by atoms with E-state index in [-0.39, 0.29) is 0 Å². The quantitative estimate of drug-likeness (QED) is 0.122. The van der Waals surface area contributed by atoms with E-state index in [9.17, 15) is 0 Å². The first kappa shape index (κ1) is 32.8. The lowest BCUT2D eigenvalue weighted by atomic mass is 10.1. The van der Waals surface area contributed by atoms with Crippen LogP contribution in [-0.2, 0) is 0 Å². The summed E-state index contributed by atoms with van der Waals surface area (Å²) in [5.41, 5.74) is 8.54. The fourth-order valence-corrected chi connectivity index (χ4v) is 14.6. The minimum absolute atomic E-state index is 0.878. The maximum Gasteiger partial charge on any atom is 0.179 e. The van der Waals surface area contributed by atoms with E-state index in [1.165, 1.54) is 42.3 Å². The molecule has 4 heteroatoms. The van der Waals surface area contributed by atoms with Gasteiger partial charge in [0.25, 0.3) is 0 Å². The van der Waals surface area contributed by atoms with Crippen molar-refractivity contribution in [2.75, 3.05) is 0 Å².